The number of nitrogens with zero attached hydrogens (tertiary/aromatic N) is 1. The van der Waals surface area contributed by atoms with Crippen LogP contribution in [0.15, 0.2) is 24.3 Å². The third kappa shape index (κ3) is 2.97. The van der Waals surface area contributed by atoms with Gasteiger partial charge in [-0.05, 0) is 25.1 Å². The summed E-state index contributed by atoms with van der Waals surface area (Å²) >= 11 is 11.7. The summed E-state index contributed by atoms with van der Waals surface area (Å²) in [5.74, 6) is 0.370. The van der Waals surface area contributed by atoms with Gasteiger partial charge in [0.2, 0.25) is 0 Å². The molecule has 5 heteroatoms. The van der Waals surface area contributed by atoms with Gasteiger partial charge in [-0.2, -0.15) is 0 Å². The summed E-state index contributed by atoms with van der Waals surface area (Å²) in [6, 6.07) is 7.03. The largest absolute Gasteiger partial charge is 0.373 e. The molecule has 0 saturated carbocycles. The van der Waals surface area contributed by atoms with Gasteiger partial charge in [-0.3, -0.25) is 4.79 Å². The second-order valence-corrected chi connectivity index (χ2v) is 5.17. The van der Waals surface area contributed by atoms with E-state index < -0.39 is 0 Å². The van der Waals surface area contributed by atoms with E-state index in [0.29, 0.717) is 29.6 Å². The van der Waals surface area contributed by atoms with Crippen LogP contribution in [0.2, 0.25) is 5.02 Å². The molecule has 2 atom stereocenters. The van der Waals surface area contributed by atoms with E-state index in [9.17, 15) is 4.79 Å². The Morgan fingerprint density at radius 1 is 1.56 bits per heavy atom. The van der Waals surface area contributed by atoms with E-state index in [1.165, 1.54) is 0 Å². The fourth-order valence-corrected chi connectivity index (χ4v) is 2.36. The molecule has 2 rings (SSSR count). The van der Waals surface area contributed by atoms with Crippen LogP contribution in [0.5, 0.6) is 0 Å². The summed E-state index contributed by atoms with van der Waals surface area (Å²) in [7, 11) is 0. The lowest BCUT2D eigenvalue weighted by Gasteiger charge is -2.37. The highest BCUT2D eigenvalue weighted by molar-refractivity contribution is 6.30. The standard InChI is InChI=1S/C13H15Cl2NO2/c1-9-8-18-12(6-14)7-16(9)13(17)10-3-2-4-11(15)5-10/h2-5,9,12H,6-8H2,1H3. The first-order valence-corrected chi connectivity index (χ1v) is 6.77. The summed E-state index contributed by atoms with van der Waals surface area (Å²) in [5, 5.41) is 0.565. The van der Waals surface area contributed by atoms with Gasteiger partial charge in [0.15, 0.2) is 0 Å². The van der Waals surface area contributed by atoms with E-state index in [4.69, 9.17) is 27.9 Å². The maximum Gasteiger partial charge on any atom is 0.254 e. The Bertz CT molecular complexity index is 439. The zero-order valence-electron chi connectivity index (χ0n) is 10.1. The van der Waals surface area contributed by atoms with E-state index in [-0.39, 0.29) is 18.1 Å². The Morgan fingerprint density at radius 2 is 2.33 bits per heavy atom. The second kappa shape index (κ2) is 5.91. The van der Waals surface area contributed by atoms with E-state index in [0.717, 1.165) is 0 Å². The third-order valence-corrected chi connectivity index (χ3v) is 3.59. The molecule has 1 fully saturated rings. The van der Waals surface area contributed by atoms with E-state index >= 15 is 0 Å². The summed E-state index contributed by atoms with van der Waals surface area (Å²) in [4.78, 5) is 14.2. The van der Waals surface area contributed by atoms with Crippen molar-refractivity contribution in [3.63, 3.8) is 0 Å². The topological polar surface area (TPSA) is 29.5 Å². The molecule has 1 saturated heterocycles. The highest BCUT2D eigenvalue weighted by Crippen LogP contribution is 2.18. The van der Waals surface area contributed by atoms with Gasteiger partial charge in [-0.25, -0.2) is 0 Å². The molecule has 0 aliphatic carbocycles. The van der Waals surface area contributed by atoms with Crippen molar-refractivity contribution in [2.75, 3.05) is 19.0 Å². The first-order chi connectivity index (χ1) is 8.61. The van der Waals surface area contributed by atoms with Crippen molar-refractivity contribution in [3.8, 4) is 0 Å². The van der Waals surface area contributed by atoms with Crippen LogP contribution in [0.4, 0.5) is 0 Å². The minimum absolute atomic E-state index is 0.0246. The van der Waals surface area contributed by atoms with Gasteiger partial charge in [-0.1, -0.05) is 17.7 Å². The Hall–Kier alpha value is -0.770. The average Bonchev–Trinajstić information content (AvgIpc) is 2.38. The Morgan fingerprint density at radius 3 is 3.00 bits per heavy atom. The maximum atomic E-state index is 12.4. The minimum Gasteiger partial charge on any atom is -0.373 e. The van der Waals surface area contributed by atoms with Crippen molar-refractivity contribution in [1.82, 2.24) is 4.90 Å². The molecule has 1 aliphatic rings. The van der Waals surface area contributed by atoms with Gasteiger partial charge < -0.3 is 9.64 Å². The fraction of sp³-hybridized carbons (Fsp3) is 0.462. The molecule has 18 heavy (non-hydrogen) atoms. The van der Waals surface area contributed by atoms with Gasteiger partial charge in [-0.15, -0.1) is 11.6 Å². The van der Waals surface area contributed by atoms with Crippen LogP contribution in [0.25, 0.3) is 0 Å². The number of alkyl halides is 1. The van der Waals surface area contributed by atoms with Crippen molar-refractivity contribution < 1.29 is 9.53 Å². The first kappa shape index (κ1) is 13.7. The smallest absolute Gasteiger partial charge is 0.254 e. The number of morpholine rings is 1. The molecule has 3 nitrogen and oxygen atoms in total. The quantitative estimate of drug-likeness (QED) is 0.783. The Balaban J connectivity index is 2.16. The number of carbonyl (C=O) groups excluding carboxylic acids is 1. The number of halogens is 2. The predicted octanol–water partition coefficient (Wildman–Crippen LogP) is 2.81. The van der Waals surface area contributed by atoms with Crippen LogP contribution in [-0.2, 0) is 4.74 Å². The van der Waals surface area contributed by atoms with Crippen molar-refractivity contribution in [1.29, 1.82) is 0 Å². The highest BCUT2D eigenvalue weighted by atomic mass is 35.5. The predicted molar refractivity (Wildman–Crippen MR) is 72.4 cm³/mol. The van der Waals surface area contributed by atoms with Crippen LogP contribution >= 0.6 is 23.2 Å². The average molecular weight is 288 g/mol. The SMILES string of the molecule is CC1COC(CCl)CN1C(=O)c1cccc(Cl)c1. The summed E-state index contributed by atoms with van der Waals surface area (Å²) in [6.07, 6.45) is -0.0917. The number of amides is 1. The number of hydrogen-bond donors (Lipinski definition) is 0. The molecular weight excluding hydrogens is 273 g/mol. The minimum atomic E-state index is -0.0917. The Kier molecular flexibility index (Phi) is 4.49. The van der Waals surface area contributed by atoms with Crippen LogP contribution < -0.4 is 0 Å². The van der Waals surface area contributed by atoms with Crippen LogP contribution in [0, 0.1) is 0 Å². The van der Waals surface area contributed by atoms with E-state index in [1.807, 2.05) is 6.92 Å². The monoisotopic (exact) mass is 287 g/mol. The number of hydrogen-bond acceptors (Lipinski definition) is 2. The Labute approximate surface area is 117 Å². The van der Waals surface area contributed by atoms with Crippen LogP contribution in [0.1, 0.15) is 17.3 Å². The fourth-order valence-electron chi connectivity index (χ4n) is 1.98. The first-order valence-electron chi connectivity index (χ1n) is 5.86. The van der Waals surface area contributed by atoms with Gasteiger partial charge >= 0.3 is 0 Å². The molecular formula is C13H15Cl2NO2. The number of rotatable bonds is 2. The molecule has 0 spiro atoms. The molecule has 1 aromatic rings. The molecule has 0 aromatic heterocycles. The molecule has 1 aliphatic heterocycles. The lowest BCUT2D eigenvalue weighted by molar-refractivity contribution is -0.0371. The number of benzene rings is 1. The molecule has 0 bridgehead atoms. The zero-order chi connectivity index (χ0) is 13.1. The van der Waals surface area contributed by atoms with Gasteiger partial charge in [0, 0.05) is 17.1 Å². The van der Waals surface area contributed by atoms with Crippen molar-refractivity contribution in [2.24, 2.45) is 0 Å². The van der Waals surface area contributed by atoms with Gasteiger partial charge in [0.05, 0.1) is 24.6 Å². The van der Waals surface area contributed by atoms with Gasteiger partial charge in [0.25, 0.3) is 5.91 Å². The van der Waals surface area contributed by atoms with Crippen LogP contribution in [0.3, 0.4) is 0 Å². The molecule has 0 N–H and O–H groups in total. The third-order valence-electron chi connectivity index (χ3n) is 3.01. The van der Waals surface area contributed by atoms with E-state index in [1.54, 1.807) is 29.2 Å². The molecule has 1 aromatic carbocycles. The normalized spacial score (nSPS) is 24.1. The van der Waals surface area contributed by atoms with Crippen molar-refractivity contribution in [2.45, 2.75) is 19.1 Å². The summed E-state index contributed by atoms with van der Waals surface area (Å²) < 4.78 is 5.53. The van der Waals surface area contributed by atoms with Gasteiger partial charge in [0.1, 0.15) is 0 Å². The number of carbonyl (C=O) groups is 1. The van der Waals surface area contributed by atoms with E-state index in [2.05, 4.69) is 0 Å². The lowest BCUT2D eigenvalue weighted by Crippen LogP contribution is -2.51. The molecule has 0 radical (unpaired) electrons. The maximum absolute atomic E-state index is 12.4. The van der Waals surface area contributed by atoms with Crippen molar-refractivity contribution >= 4 is 29.1 Å². The summed E-state index contributed by atoms with van der Waals surface area (Å²) in [5.41, 5.74) is 0.601. The molecule has 1 amide bonds. The van der Waals surface area contributed by atoms with Crippen LogP contribution in [-0.4, -0.2) is 42.0 Å². The lowest BCUT2D eigenvalue weighted by atomic mass is 10.1. The highest BCUT2D eigenvalue weighted by Gasteiger charge is 2.29. The zero-order valence-corrected chi connectivity index (χ0v) is 11.6. The molecule has 98 valence electrons. The summed E-state index contributed by atoms with van der Waals surface area (Å²) in [6.45, 7) is 3.01. The molecule has 1 heterocycles. The number of ether oxygens (including phenoxy) is 1. The molecule has 2 unspecified atom stereocenters. The second-order valence-electron chi connectivity index (χ2n) is 4.43. The van der Waals surface area contributed by atoms with Crippen molar-refractivity contribution in [3.05, 3.63) is 34.9 Å².